The number of methoxy groups -OCH3 is 1. The zero-order valence-electron chi connectivity index (χ0n) is 19.5. The summed E-state index contributed by atoms with van der Waals surface area (Å²) in [5.41, 5.74) is 3.08. The lowest BCUT2D eigenvalue weighted by Crippen LogP contribution is -2.34. The second kappa shape index (κ2) is 10.5. The summed E-state index contributed by atoms with van der Waals surface area (Å²) >= 11 is 0. The number of likely N-dealkylation sites (N-methyl/N-ethyl adjacent to an activating group) is 1. The number of carbonyl (C=O) groups is 1. The lowest BCUT2D eigenvalue weighted by atomic mass is 10.1. The molecule has 9 heteroatoms. The number of para-hydroxylation sites is 2. The van der Waals surface area contributed by atoms with Crippen LogP contribution in [0, 0.1) is 0 Å². The zero-order chi connectivity index (χ0) is 23.2. The number of rotatable bonds is 9. The second-order valence-corrected chi connectivity index (χ2v) is 8.12. The summed E-state index contributed by atoms with van der Waals surface area (Å²) < 4.78 is 12.8. The first-order valence-corrected chi connectivity index (χ1v) is 11.4. The predicted octanol–water partition coefficient (Wildman–Crippen LogP) is 2.92. The van der Waals surface area contributed by atoms with Crippen LogP contribution in [0.4, 0.5) is 11.4 Å². The van der Waals surface area contributed by atoms with Crippen molar-refractivity contribution in [2.75, 3.05) is 50.7 Å². The van der Waals surface area contributed by atoms with Crippen molar-refractivity contribution < 1.29 is 14.3 Å². The first-order chi connectivity index (χ1) is 16.1. The molecule has 1 amide bonds. The van der Waals surface area contributed by atoms with Crippen LogP contribution in [0.3, 0.4) is 0 Å². The largest absolute Gasteiger partial charge is 0.495 e. The van der Waals surface area contributed by atoms with Crippen LogP contribution in [0.2, 0.25) is 0 Å². The van der Waals surface area contributed by atoms with E-state index in [4.69, 9.17) is 9.47 Å². The predicted molar refractivity (Wildman–Crippen MR) is 129 cm³/mol. The van der Waals surface area contributed by atoms with Crippen molar-refractivity contribution in [1.29, 1.82) is 0 Å². The van der Waals surface area contributed by atoms with Crippen LogP contribution in [0.25, 0.3) is 11.0 Å². The average Bonchev–Trinajstić information content (AvgIpc) is 3.28. The van der Waals surface area contributed by atoms with Crippen molar-refractivity contribution in [3.05, 3.63) is 42.2 Å². The van der Waals surface area contributed by atoms with Crippen LogP contribution < -0.4 is 20.3 Å². The van der Waals surface area contributed by atoms with Crippen LogP contribution in [0.15, 0.2) is 36.7 Å². The Morgan fingerprint density at radius 3 is 2.82 bits per heavy atom. The molecule has 1 fully saturated rings. The van der Waals surface area contributed by atoms with Gasteiger partial charge in [-0.05, 0) is 31.9 Å². The smallest absolute Gasteiger partial charge is 0.255 e. The summed E-state index contributed by atoms with van der Waals surface area (Å²) in [4.78, 5) is 19.8. The van der Waals surface area contributed by atoms with Crippen molar-refractivity contribution in [3.8, 4) is 5.75 Å². The maximum Gasteiger partial charge on any atom is 0.255 e. The van der Waals surface area contributed by atoms with Crippen molar-refractivity contribution in [1.82, 2.24) is 20.1 Å². The van der Waals surface area contributed by atoms with Crippen molar-refractivity contribution in [2.45, 2.75) is 32.4 Å². The lowest BCUT2D eigenvalue weighted by Gasteiger charge is -2.25. The first kappa shape index (κ1) is 22.8. The molecule has 0 bridgehead atoms. The van der Waals surface area contributed by atoms with Gasteiger partial charge in [-0.15, -0.1) is 0 Å². The van der Waals surface area contributed by atoms with Gasteiger partial charge in [0.25, 0.3) is 5.91 Å². The van der Waals surface area contributed by atoms with Gasteiger partial charge in [-0.25, -0.2) is 9.67 Å². The molecule has 3 aromatic rings. The van der Waals surface area contributed by atoms with Gasteiger partial charge in [0, 0.05) is 52.1 Å². The van der Waals surface area contributed by atoms with Gasteiger partial charge in [-0.1, -0.05) is 12.1 Å². The highest BCUT2D eigenvalue weighted by molar-refractivity contribution is 6.06. The van der Waals surface area contributed by atoms with E-state index in [1.807, 2.05) is 42.9 Å². The molecule has 33 heavy (non-hydrogen) atoms. The fourth-order valence-corrected chi connectivity index (χ4v) is 4.13. The number of anilines is 2. The molecule has 1 saturated heterocycles. The maximum atomic E-state index is 13.2. The fraction of sp³-hybridized carbons (Fsp3) is 0.458. The molecule has 0 unspecified atom stereocenters. The number of nitrogens with one attached hydrogen (secondary N) is 2. The van der Waals surface area contributed by atoms with E-state index in [1.165, 1.54) is 0 Å². The monoisotopic (exact) mass is 452 g/mol. The highest BCUT2D eigenvalue weighted by atomic mass is 16.5. The summed E-state index contributed by atoms with van der Waals surface area (Å²) in [7, 11) is 3.64. The Morgan fingerprint density at radius 2 is 2.06 bits per heavy atom. The number of hydrogen-bond acceptors (Lipinski definition) is 7. The van der Waals surface area contributed by atoms with Gasteiger partial charge in [-0.3, -0.25) is 4.79 Å². The average molecular weight is 453 g/mol. The summed E-state index contributed by atoms with van der Waals surface area (Å²) in [6.07, 6.45) is 5.24. The molecular formula is C24H32N6O3. The van der Waals surface area contributed by atoms with Crippen LogP contribution in [-0.4, -0.2) is 67.2 Å². The van der Waals surface area contributed by atoms with Crippen molar-refractivity contribution in [2.24, 2.45) is 0 Å². The Bertz CT molecular complexity index is 1090. The molecule has 3 heterocycles. The second-order valence-electron chi connectivity index (χ2n) is 8.12. The number of nitrogens with zero attached hydrogens (tertiary/aromatic N) is 4. The zero-order valence-corrected chi connectivity index (χ0v) is 19.5. The van der Waals surface area contributed by atoms with Gasteiger partial charge < -0.3 is 25.0 Å². The minimum Gasteiger partial charge on any atom is -0.495 e. The van der Waals surface area contributed by atoms with E-state index in [2.05, 4.69) is 25.6 Å². The van der Waals surface area contributed by atoms with E-state index < -0.39 is 0 Å². The van der Waals surface area contributed by atoms with E-state index in [1.54, 1.807) is 19.5 Å². The van der Waals surface area contributed by atoms with Gasteiger partial charge in [0.2, 0.25) is 0 Å². The minimum atomic E-state index is -0.156. The molecule has 0 radical (unpaired) electrons. The van der Waals surface area contributed by atoms with E-state index in [9.17, 15) is 4.79 Å². The number of aryl methyl sites for hydroxylation is 1. The van der Waals surface area contributed by atoms with Gasteiger partial charge in [0.05, 0.1) is 35.6 Å². The molecule has 0 aliphatic carbocycles. The Kier molecular flexibility index (Phi) is 7.29. The Morgan fingerprint density at radius 1 is 1.27 bits per heavy atom. The summed E-state index contributed by atoms with van der Waals surface area (Å²) in [6, 6.07) is 8.08. The van der Waals surface area contributed by atoms with Gasteiger partial charge in [0.15, 0.2) is 5.65 Å². The topological polar surface area (TPSA) is 93.5 Å². The van der Waals surface area contributed by atoms with E-state index in [0.29, 0.717) is 25.2 Å². The SMILES string of the molecule is CCn1ncc2c(NC3CCOCC3)c(C(=O)NCCN(C)c3ccccc3OC)cnc21. The molecule has 0 spiro atoms. The number of aromatic nitrogens is 3. The Balaban J connectivity index is 1.50. The number of hydrogen-bond donors (Lipinski definition) is 2. The van der Waals surface area contributed by atoms with Crippen LogP contribution in [-0.2, 0) is 11.3 Å². The Labute approximate surface area is 194 Å². The first-order valence-electron chi connectivity index (χ1n) is 11.4. The van der Waals surface area contributed by atoms with Crippen molar-refractivity contribution in [3.63, 3.8) is 0 Å². The molecule has 2 aromatic heterocycles. The molecular weight excluding hydrogens is 420 g/mol. The molecule has 0 atom stereocenters. The molecule has 1 aliphatic rings. The molecule has 2 N–H and O–H groups in total. The lowest BCUT2D eigenvalue weighted by molar-refractivity contribution is 0.0904. The highest BCUT2D eigenvalue weighted by Gasteiger charge is 2.22. The third kappa shape index (κ3) is 5.03. The standard InChI is InChI=1S/C24H32N6O3/c1-4-30-23-18(16-27-30)22(28-17-9-13-33-14-10-17)19(15-26-23)24(31)25-11-12-29(2)20-7-5-6-8-21(20)32-3/h5-8,15-17H,4,9-14H2,1-3H3,(H,25,31)(H,26,28). The number of benzene rings is 1. The number of ether oxygens (including phenoxy) is 2. The summed E-state index contributed by atoms with van der Waals surface area (Å²) in [5.74, 6) is 0.647. The highest BCUT2D eigenvalue weighted by Crippen LogP contribution is 2.29. The third-order valence-corrected chi connectivity index (χ3v) is 6.01. The molecule has 1 aromatic carbocycles. The van der Waals surface area contributed by atoms with E-state index >= 15 is 0 Å². The van der Waals surface area contributed by atoms with E-state index in [-0.39, 0.29) is 11.9 Å². The quantitative estimate of drug-likeness (QED) is 0.516. The number of amides is 1. The third-order valence-electron chi connectivity index (χ3n) is 6.01. The van der Waals surface area contributed by atoms with E-state index in [0.717, 1.165) is 54.2 Å². The van der Waals surface area contributed by atoms with Gasteiger partial charge in [-0.2, -0.15) is 5.10 Å². The van der Waals surface area contributed by atoms with Crippen molar-refractivity contribution >= 4 is 28.3 Å². The number of fused-ring (bicyclic) bond motifs is 1. The summed E-state index contributed by atoms with van der Waals surface area (Å²) in [5, 5.41) is 11.9. The maximum absolute atomic E-state index is 13.2. The van der Waals surface area contributed by atoms with Crippen LogP contribution in [0.1, 0.15) is 30.1 Å². The fourth-order valence-electron chi connectivity index (χ4n) is 4.13. The number of carbonyl (C=O) groups excluding carboxylic acids is 1. The number of pyridine rings is 1. The minimum absolute atomic E-state index is 0.156. The summed E-state index contributed by atoms with van der Waals surface area (Å²) in [6.45, 7) is 5.30. The molecule has 0 saturated carbocycles. The van der Waals surface area contributed by atoms with Crippen LogP contribution >= 0.6 is 0 Å². The molecule has 176 valence electrons. The molecule has 1 aliphatic heterocycles. The Hall–Kier alpha value is -3.33. The molecule has 9 nitrogen and oxygen atoms in total. The molecule has 4 rings (SSSR count). The normalized spacial score (nSPS) is 14.3. The van der Waals surface area contributed by atoms with Crippen LogP contribution in [0.5, 0.6) is 5.75 Å². The van der Waals surface area contributed by atoms with Gasteiger partial charge >= 0.3 is 0 Å². The van der Waals surface area contributed by atoms with Gasteiger partial charge in [0.1, 0.15) is 5.75 Å².